The van der Waals surface area contributed by atoms with E-state index >= 15 is 0 Å². The van der Waals surface area contributed by atoms with Crippen LogP contribution in [-0.4, -0.2) is 19.8 Å². The van der Waals surface area contributed by atoms with Gasteiger partial charge in [-0.1, -0.05) is 23.7 Å². The fraction of sp³-hybridized carbons (Fsp3) is 0.143. The molecule has 112 valence electrons. The predicted octanol–water partition coefficient (Wildman–Crippen LogP) is 2.88. The van der Waals surface area contributed by atoms with Crippen LogP contribution in [0, 0.1) is 5.82 Å². The summed E-state index contributed by atoms with van der Waals surface area (Å²) >= 11 is 5.77. The fourth-order valence-corrected chi connectivity index (χ4v) is 3.29. The van der Waals surface area contributed by atoms with Gasteiger partial charge in [-0.15, -0.1) is 0 Å². The fourth-order valence-electron chi connectivity index (χ4n) is 1.85. The van der Waals surface area contributed by atoms with Crippen molar-refractivity contribution in [3.8, 4) is 0 Å². The first-order valence-corrected chi connectivity index (χ1v) is 7.88. The molecule has 0 aliphatic heterocycles. The zero-order valence-corrected chi connectivity index (χ0v) is 12.8. The van der Waals surface area contributed by atoms with Crippen molar-refractivity contribution in [1.29, 1.82) is 0 Å². The average Bonchev–Trinajstić information content (AvgIpc) is 2.40. The molecule has 0 radical (unpaired) electrons. The standard InChI is InChI=1S/C14H14ClFN2O2S/c1-18(9-10-2-5-12(16)6-3-10)21(19,20)14-7-4-11(15)8-13(14)17/h2-8H,9,17H2,1H3. The maximum absolute atomic E-state index is 12.9. The van der Waals surface area contributed by atoms with Crippen molar-refractivity contribution in [2.24, 2.45) is 0 Å². The number of hydrogen-bond acceptors (Lipinski definition) is 3. The van der Waals surface area contributed by atoms with Crippen molar-refractivity contribution in [2.75, 3.05) is 12.8 Å². The highest BCUT2D eigenvalue weighted by Gasteiger charge is 2.23. The molecule has 2 aromatic rings. The van der Waals surface area contributed by atoms with Crippen LogP contribution in [0.1, 0.15) is 5.56 Å². The summed E-state index contributed by atoms with van der Waals surface area (Å²) in [6.07, 6.45) is 0. The highest BCUT2D eigenvalue weighted by Crippen LogP contribution is 2.25. The molecule has 0 bridgehead atoms. The van der Waals surface area contributed by atoms with Gasteiger partial charge in [0.2, 0.25) is 10.0 Å². The van der Waals surface area contributed by atoms with Gasteiger partial charge in [0.1, 0.15) is 10.7 Å². The Morgan fingerprint density at radius 1 is 1.19 bits per heavy atom. The molecule has 0 aliphatic carbocycles. The van der Waals surface area contributed by atoms with Crippen molar-refractivity contribution >= 4 is 27.3 Å². The number of sulfonamides is 1. The molecule has 7 heteroatoms. The van der Waals surface area contributed by atoms with Crippen molar-refractivity contribution in [1.82, 2.24) is 4.31 Å². The molecule has 2 rings (SSSR count). The second kappa shape index (κ2) is 6.01. The van der Waals surface area contributed by atoms with Gasteiger partial charge in [-0.2, -0.15) is 4.31 Å². The van der Waals surface area contributed by atoms with Gasteiger partial charge in [0, 0.05) is 18.6 Å². The lowest BCUT2D eigenvalue weighted by atomic mass is 10.2. The number of halogens is 2. The van der Waals surface area contributed by atoms with E-state index in [9.17, 15) is 12.8 Å². The number of hydrogen-bond donors (Lipinski definition) is 1. The van der Waals surface area contributed by atoms with Gasteiger partial charge in [-0.25, -0.2) is 12.8 Å². The number of anilines is 1. The van der Waals surface area contributed by atoms with Gasteiger partial charge in [-0.05, 0) is 35.9 Å². The normalized spacial score (nSPS) is 11.8. The van der Waals surface area contributed by atoms with Crippen LogP contribution in [0.5, 0.6) is 0 Å². The van der Waals surface area contributed by atoms with Crippen LogP contribution in [0.4, 0.5) is 10.1 Å². The summed E-state index contributed by atoms with van der Waals surface area (Å²) in [6.45, 7) is 0.116. The largest absolute Gasteiger partial charge is 0.398 e. The molecule has 0 aromatic heterocycles. The van der Waals surface area contributed by atoms with E-state index in [-0.39, 0.29) is 22.9 Å². The molecule has 2 N–H and O–H groups in total. The summed E-state index contributed by atoms with van der Waals surface area (Å²) in [5.74, 6) is -0.369. The molecule has 0 fully saturated rings. The van der Waals surface area contributed by atoms with Gasteiger partial charge in [-0.3, -0.25) is 0 Å². The Labute approximate surface area is 128 Å². The Balaban J connectivity index is 2.28. The van der Waals surface area contributed by atoms with Crippen molar-refractivity contribution in [2.45, 2.75) is 11.4 Å². The second-order valence-electron chi connectivity index (χ2n) is 4.57. The highest BCUT2D eigenvalue weighted by molar-refractivity contribution is 7.89. The summed E-state index contributed by atoms with van der Waals surface area (Å²) in [5.41, 5.74) is 6.49. The molecule has 2 aromatic carbocycles. The lowest BCUT2D eigenvalue weighted by molar-refractivity contribution is 0.467. The van der Waals surface area contributed by atoms with E-state index in [1.807, 2.05) is 0 Å². The molecule has 0 atom stereocenters. The van der Waals surface area contributed by atoms with Gasteiger partial charge in [0.05, 0.1) is 5.69 Å². The van der Waals surface area contributed by atoms with E-state index in [0.717, 1.165) is 4.31 Å². The van der Waals surface area contributed by atoms with Gasteiger partial charge >= 0.3 is 0 Å². The van der Waals surface area contributed by atoms with Crippen LogP contribution in [0.25, 0.3) is 0 Å². The smallest absolute Gasteiger partial charge is 0.245 e. The molecule has 0 unspecified atom stereocenters. The third-order valence-corrected chi connectivity index (χ3v) is 5.09. The van der Waals surface area contributed by atoms with Gasteiger partial charge in [0.15, 0.2) is 0 Å². The lowest BCUT2D eigenvalue weighted by Crippen LogP contribution is -2.27. The number of nitrogen functional groups attached to an aromatic ring is 1. The Kier molecular flexibility index (Phi) is 4.51. The summed E-state index contributed by atoms with van der Waals surface area (Å²) in [7, 11) is -2.30. The van der Waals surface area contributed by atoms with Crippen LogP contribution in [0.3, 0.4) is 0 Å². The summed E-state index contributed by atoms with van der Waals surface area (Å²) in [4.78, 5) is -0.00323. The van der Waals surface area contributed by atoms with E-state index in [1.165, 1.54) is 49.5 Å². The average molecular weight is 329 g/mol. The zero-order valence-electron chi connectivity index (χ0n) is 11.3. The first kappa shape index (κ1) is 15.8. The number of rotatable bonds is 4. The molecule has 4 nitrogen and oxygen atoms in total. The lowest BCUT2D eigenvalue weighted by Gasteiger charge is -2.18. The Hall–Kier alpha value is -1.63. The number of nitrogens with zero attached hydrogens (tertiary/aromatic N) is 1. The third kappa shape index (κ3) is 3.53. The van der Waals surface area contributed by atoms with E-state index < -0.39 is 10.0 Å². The minimum atomic E-state index is -3.74. The van der Waals surface area contributed by atoms with Crippen molar-refractivity contribution in [3.05, 3.63) is 58.9 Å². The molecular weight excluding hydrogens is 315 g/mol. The number of nitrogens with two attached hydrogens (primary N) is 1. The second-order valence-corrected chi connectivity index (χ2v) is 7.02. The van der Waals surface area contributed by atoms with Gasteiger partial charge < -0.3 is 5.73 Å². The SMILES string of the molecule is CN(Cc1ccc(F)cc1)S(=O)(=O)c1ccc(Cl)cc1N. The van der Waals surface area contributed by atoms with E-state index in [2.05, 4.69) is 0 Å². The Bertz CT molecular complexity index is 748. The van der Waals surface area contributed by atoms with Crippen LogP contribution in [0.15, 0.2) is 47.4 Å². The topological polar surface area (TPSA) is 63.4 Å². The van der Waals surface area contributed by atoms with Crippen LogP contribution in [0.2, 0.25) is 5.02 Å². The molecule has 0 spiro atoms. The Morgan fingerprint density at radius 2 is 1.81 bits per heavy atom. The quantitative estimate of drug-likeness (QED) is 0.878. The Morgan fingerprint density at radius 3 is 2.38 bits per heavy atom. The zero-order chi connectivity index (χ0) is 15.6. The summed E-state index contributed by atoms with van der Waals surface area (Å²) in [5, 5.41) is 0.368. The minimum absolute atomic E-state index is 0.00323. The maximum atomic E-state index is 12.9. The molecule has 0 saturated carbocycles. The molecular formula is C14H14ClFN2O2S. The highest BCUT2D eigenvalue weighted by atomic mass is 35.5. The molecule has 0 heterocycles. The van der Waals surface area contributed by atoms with Crippen LogP contribution in [-0.2, 0) is 16.6 Å². The first-order chi connectivity index (χ1) is 9.80. The van der Waals surface area contributed by atoms with Crippen LogP contribution >= 0.6 is 11.6 Å². The molecule has 21 heavy (non-hydrogen) atoms. The first-order valence-electron chi connectivity index (χ1n) is 6.06. The summed E-state index contributed by atoms with van der Waals surface area (Å²) in [6, 6.07) is 9.86. The monoisotopic (exact) mass is 328 g/mol. The van der Waals surface area contributed by atoms with Crippen molar-refractivity contribution in [3.63, 3.8) is 0 Å². The predicted molar refractivity (Wildman–Crippen MR) is 80.9 cm³/mol. The molecule has 0 saturated heterocycles. The maximum Gasteiger partial charge on any atom is 0.245 e. The third-order valence-electron chi connectivity index (χ3n) is 2.98. The summed E-state index contributed by atoms with van der Waals surface area (Å²) < 4.78 is 38.9. The van der Waals surface area contributed by atoms with E-state index in [0.29, 0.717) is 10.6 Å². The van der Waals surface area contributed by atoms with Crippen LogP contribution < -0.4 is 5.73 Å². The number of benzene rings is 2. The van der Waals surface area contributed by atoms with E-state index in [1.54, 1.807) is 0 Å². The minimum Gasteiger partial charge on any atom is -0.398 e. The molecule has 0 amide bonds. The molecule has 0 aliphatic rings. The van der Waals surface area contributed by atoms with Gasteiger partial charge in [0.25, 0.3) is 0 Å². The van der Waals surface area contributed by atoms with E-state index in [4.69, 9.17) is 17.3 Å². The van der Waals surface area contributed by atoms with Crippen molar-refractivity contribution < 1.29 is 12.8 Å².